The molecule has 2 aromatic heterocycles. The summed E-state index contributed by atoms with van der Waals surface area (Å²) in [7, 11) is 3.64. The molecular weight excluding hydrogens is 406 g/mol. The van der Waals surface area contributed by atoms with E-state index in [1.54, 1.807) is 16.6 Å². The summed E-state index contributed by atoms with van der Waals surface area (Å²) < 4.78 is 13.5. The van der Waals surface area contributed by atoms with E-state index in [0.29, 0.717) is 11.4 Å². The number of carbonyl (C=O) groups excluding carboxylic acids is 1. The molecule has 0 spiro atoms. The number of nitrogens with zero attached hydrogens (tertiary/aromatic N) is 5. The number of amides is 1. The molecule has 2 aromatic rings. The second kappa shape index (κ2) is 9.46. The van der Waals surface area contributed by atoms with Gasteiger partial charge in [-0.05, 0) is 64.0 Å². The first kappa shape index (κ1) is 22.6. The lowest BCUT2D eigenvalue weighted by atomic mass is 9.98. The zero-order valence-electron chi connectivity index (χ0n) is 19.8. The molecule has 8 heteroatoms. The van der Waals surface area contributed by atoms with Crippen LogP contribution in [0, 0.1) is 6.92 Å². The van der Waals surface area contributed by atoms with Crippen molar-refractivity contribution in [3.63, 3.8) is 0 Å². The van der Waals surface area contributed by atoms with Gasteiger partial charge in [-0.1, -0.05) is 25.0 Å². The Bertz CT molecular complexity index is 947. The van der Waals surface area contributed by atoms with Crippen LogP contribution in [-0.4, -0.2) is 49.7 Å². The second-order valence-electron chi connectivity index (χ2n) is 9.25. The van der Waals surface area contributed by atoms with Gasteiger partial charge in [0.25, 0.3) is 0 Å². The van der Waals surface area contributed by atoms with E-state index < -0.39 is 0 Å². The van der Waals surface area contributed by atoms with Crippen LogP contribution < -0.4 is 4.74 Å². The van der Waals surface area contributed by atoms with Crippen molar-refractivity contribution in [1.82, 2.24) is 24.9 Å². The van der Waals surface area contributed by atoms with Crippen molar-refractivity contribution >= 4 is 6.09 Å². The third-order valence-corrected chi connectivity index (χ3v) is 6.93. The van der Waals surface area contributed by atoms with Crippen molar-refractivity contribution in [1.29, 1.82) is 0 Å². The SMILES string of the molecule is CCCC1(N(C)C(=O)OCc2c(-c3ccc(OC4CCCCC4)c(C)n3)nnn2C)CC1. The van der Waals surface area contributed by atoms with Gasteiger partial charge in [-0.2, -0.15) is 0 Å². The molecule has 174 valence electrons. The third kappa shape index (κ3) is 4.74. The number of aromatic nitrogens is 4. The summed E-state index contributed by atoms with van der Waals surface area (Å²) in [4.78, 5) is 19.2. The Morgan fingerprint density at radius 2 is 2.00 bits per heavy atom. The molecular formula is C24H35N5O3. The Kier molecular flexibility index (Phi) is 6.67. The predicted molar refractivity (Wildman–Crippen MR) is 121 cm³/mol. The molecule has 2 heterocycles. The smallest absolute Gasteiger partial charge is 0.410 e. The molecule has 2 aliphatic carbocycles. The van der Waals surface area contributed by atoms with Crippen molar-refractivity contribution < 1.29 is 14.3 Å². The van der Waals surface area contributed by atoms with Crippen LogP contribution in [0.1, 0.15) is 76.1 Å². The summed E-state index contributed by atoms with van der Waals surface area (Å²) in [6, 6.07) is 3.87. The van der Waals surface area contributed by atoms with E-state index in [1.807, 2.05) is 26.1 Å². The Balaban J connectivity index is 1.44. The van der Waals surface area contributed by atoms with Crippen LogP contribution >= 0.6 is 0 Å². The molecule has 8 nitrogen and oxygen atoms in total. The van der Waals surface area contributed by atoms with Gasteiger partial charge in [0.05, 0.1) is 17.5 Å². The molecule has 0 saturated heterocycles. The van der Waals surface area contributed by atoms with Crippen LogP contribution in [0.25, 0.3) is 11.4 Å². The standard InChI is InChI=1S/C24H35N5O3/c1-5-13-24(14-15-24)28(3)23(30)31-16-20-22(26-27-29(20)4)19-11-12-21(17(2)25-19)32-18-9-7-6-8-10-18/h11-12,18H,5-10,13-16H2,1-4H3. The maximum Gasteiger partial charge on any atom is 0.410 e. The first-order chi connectivity index (χ1) is 15.4. The lowest BCUT2D eigenvalue weighted by Gasteiger charge is -2.27. The molecule has 2 saturated carbocycles. The van der Waals surface area contributed by atoms with Gasteiger partial charge in [0, 0.05) is 19.6 Å². The largest absolute Gasteiger partial charge is 0.489 e. The number of rotatable bonds is 8. The van der Waals surface area contributed by atoms with Crippen LogP contribution in [0.2, 0.25) is 0 Å². The lowest BCUT2D eigenvalue weighted by Crippen LogP contribution is -2.39. The van der Waals surface area contributed by atoms with Gasteiger partial charge in [0.15, 0.2) is 0 Å². The van der Waals surface area contributed by atoms with Crippen LogP contribution in [0.5, 0.6) is 5.75 Å². The molecule has 0 N–H and O–H groups in total. The molecule has 0 aromatic carbocycles. The number of ether oxygens (including phenoxy) is 2. The molecule has 0 bridgehead atoms. The zero-order valence-corrected chi connectivity index (χ0v) is 19.8. The summed E-state index contributed by atoms with van der Waals surface area (Å²) in [5.41, 5.74) is 2.86. The molecule has 1 amide bonds. The predicted octanol–water partition coefficient (Wildman–Crippen LogP) is 4.80. The molecule has 0 atom stereocenters. The average molecular weight is 442 g/mol. The molecule has 32 heavy (non-hydrogen) atoms. The van der Waals surface area contributed by atoms with E-state index in [-0.39, 0.29) is 24.3 Å². The minimum atomic E-state index is -0.302. The third-order valence-electron chi connectivity index (χ3n) is 6.93. The highest BCUT2D eigenvalue weighted by molar-refractivity contribution is 5.69. The number of pyridine rings is 1. The van der Waals surface area contributed by atoms with Crippen LogP contribution in [0.4, 0.5) is 4.79 Å². The van der Waals surface area contributed by atoms with Gasteiger partial charge in [-0.15, -0.1) is 5.10 Å². The fourth-order valence-electron chi connectivity index (χ4n) is 4.69. The summed E-state index contributed by atoms with van der Waals surface area (Å²) in [5.74, 6) is 0.824. The maximum absolute atomic E-state index is 12.7. The number of aryl methyl sites for hydroxylation is 2. The van der Waals surface area contributed by atoms with Gasteiger partial charge in [-0.3, -0.25) is 0 Å². The van der Waals surface area contributed by atoms with E-state index in [9.17, 15) is 4.79 Å². The molecule has 0 unspecified atom stereocenters. The molecule has 4 rings (SSSR count). The van der Waals surface area contributed by atoms with Crippen molar-refractivity contribution in [2.45, 2.75) is 89.9 Å². The van der Waals surface area contributed by atoms with Crippen LogP contribution in [-0.2, 0) is 18.4 Å². The van der Waals surface area contributed by atoms with E-state index in [2.05, 4.69) is 17.2 Å². The Morgan fingerprint density at radius 3 is 2.66 bits per heavy atom. The van der Waals surface area contributed by atoms with Crippen molar-refractivity contribution in [2.75, 3.05) is 7.05 Å². The van der Waals surface area contributed by atoms with Gasteiger partial charge >= 0.3 is 6.09 Å². The summed E-state index contributed by atoms with van der Waals surface area (Å²) in [6.07, 6.45) is 10.1. The number of carbonyl (C=O) groups is 1. The zero-order chi connectivity index (χ0) is 22.7. The second-order valence-corrected chi connectivity index (χ2v) is 9.25. The first-order valence-electron chi connectivity index (χ1n) is 11.9. The highest BCUT2D eigenvalue weighted by Crippen LogP contribution is 2.45. The van der Waals surface area contributed by atoms with Crippen molar-refractivity contribution in [3.05, 3.63) is 23.5 Å². The van der Waals surface area contributed by atoms with Crippen LogP contribution in [0.3, 0.4) is 0 Å². The number of hydrogen-bond donors (Lipinski definition) is 0. The highest BCUT2D eigenvalue weighted by atomic mass is 16.6. The maximum atomic E-state index is 12.7. The highest BCUT2D eigenvalue weighted by Gasteiger charge is 2.48. The van der Waals surface area contributed by atoms with E-state index >= 15 is 0 Å². The first-order valence-corrected chi connectivity index (χ1v) is 11.9. The topological polar surface area (TPSA) is 82.4 Å². The van der Waals surface area contributed by atoms with Crippen molar-refractivity contribution in [2.24, 2.45) is 7.05 Å². The average Bonchev–Trinajstić information content (AvgIpc) is 3.49. The summed E-state index contributed by atoms with van der Waals surface area (Å²) in [6.45, 7) is 4.20. The quantitative estimate of drug-likeness (QED) is 0.585. The molecule has 2 aliphatic rings. The van der Waals surface area contributed by atoms with Gasteiger partial charge in [0.1, 0.15) is 23.7 Å². The minimum absolute atomic E-state index is 0.0216. The Labute approximate surface area is 190 Å². The molecule has 0 radical (unpaired) electrons. The molecule has 2 fully saturated rings. The van der Waals surface area contributed by atoms with E-state index in [1.165, 1.54) is 19.3 Å². The normalized spacial score (nSPS) is 17.8. The fraction of sp³-hybridized carbons (Fsp3) is 0.667. The molecule has 0 aliphatic heterocycles. The van der Waals surface area contributed by atoms with Crippen molar-refractivity contribution in [3.8, 4) is 17.1 Å². The van der Waals surface area contributed by atoms with Crippen LogP contribution in [0.15, 0.2) is 12.1 Å². The Hall–Kier alpha value is -2.64. The summed E-state index contributed by atoms with van der Waals surface area (Å²) >= 11 is 0. The van der Waals surface area contributed by atoms with E-state index in [0.717, 1.165) is 55.7 Å². The van der Waals surface area contributed by atoms with Gasteiger partial charge in [0.2, 0.25) is 0 Å². The monoisotopic (exact) mass is 441 g/mol. The minimum Gasteiger partial charge on any atom is -0.489 e. The van der Waals surface area contributed by atoms with Gasteiger partial charge < -0.3 is 14.4 Å². The number of hydrogen-bond acceptors (Lipinski definition) is 6. The summed E-state index contributed by atoms with van der Waals surface area (Å²) in [5, 5.41) is 8.43. The van der Waals surface area contributed by atoms with E-state index in [4.69, 9.17) is 14.5 Å². The van der Waals surface area contributed by atoms with Gasteiger partial charge in [-0.25, -0.2) is 14.5 Å². The fourth-order valence-corrected chi connectivity index (χ4v) is 4.69. The lowest BCUT2D eigenvalue weighted by molar-refractivity contribution is 0.0824. The Morgan fingerprint density at radius 1 is 1.25 bits per heavy atom.